The fraction of sp³-hybridized carbons (Fsp3) is 0.538. The van der Waals surface area contributed by atoms with Crippen molar-refractivity contribution < 1.29 is 14.2 Å². The summed E-state index contributed by atoms with van der Waals surface area (Å²) in [4.78, 5) is 4.44. The molecule has 0 atom stereocenters. The topological polar surface area (TPSA) is 66.6 Å². The third-order valence-electron chi connectivity index (χ3n) is 2.39. The van der Waals surface area contributed by atoms with Crippen molar-refractivity contribution in [3.63, 3.8) is 0 Å². The second-order valence-electron chi connectivity index (χ2n) is 3.89. The molecule has 1 rings (SSSR count). The first-order valence-corrected chi connectivity index (χ1v) is 6.54. The summed E-state index contributed by atoms with van der Waals surface area (Å²) in [6, 6.07) is 3.75. The van der Waals surface area contributed by atoms with Gasteiger partial charge in [-0.2, -0.15) is 0 Å². The van der Waals surface area contributed by atoms with Crippen LogP contribution in [0, 0.1) is 0 Å². The molecule has 1 aromatic heterocycles. The first-order valence-electron chi connectivity index (χ1n) is 6.14. The summed E-state index contributed by atoms with van der Waals surface area (Å²) in [6.45, 7) is 2.98. The summed E-state index contributed by atoms with van der Waals surface area (Å²) in [5.74, 6) is 0. The summed E-state index contributed by atoms with van der Waals surface area (Å²) in [5.41, 5.74) is 7.14. The molecule has 6 heteroatoms. The first-order chi connectivity index (χ1) is 9.25. The maximum atomic E-state index is 5.59. The van der Waals surface area contributed by atoms with E-state index in [0.29, 0.717) is 43.7 Å². The van der Waals surface area contributed by atoms with E-state index in [0.717, 1.165) is 12.0 Å². The average Bonchev–Trinajstić information content (AvgIpc) is 2.42. The van der Waals surface area contributed by atoms with Gasteiger partial charge in [0.2, 0.25) is 0 Å². The van der Waals surface area contributed by atoms with Gasteiger partial charge < -0.3 is 19.9 Å². The number of pyridine rings is 1. The van der Waals surface area contributed by atoms with Crippen molar-refractivity contribution in [2.45, 2.75) is 13.0 Å². The molecule has 0 saturated carbocycles. The van der Waals surface area contributed by atoms with Crippen LogP contribution in [0.2, 0.25) is 0 Å². The Morgan fingerprint density at radius 1 is 1.26 bits per heavy atom. The van der Waals surface area contributed by atoms with Gasteiger partial charge in [0.05, 0.1) is 19.8 Å². The van der Waals surface area contributed by atoms with E-state index in [-0.39, 0.29) is 0 Å². The number of ether oxygens (including phenoxy) is 3. The minimum atomic E-state index is 0.294. The number of aromatic nitrogens is 1. The Kier molecular flexibility index (Phi) is 8.24. The summed E-state index contributed by atoms with van der Waals surface area (Å²) in [5, 5.41) is 0. The van der Waals surface area contributed by atoms with E-state index in [2.05, 4.69) is 4.98 Å². The van der Waals surface area contributed by atoms with Crippen molar-refractivity contribution in [3.8, 4) is 0 Å². The van der Waals surface area contributed by atoms with Gasteiger partial charge in [0.15, 0.2) is 0 Å². The predicted octanol–water partition coefficient (Wildman–Crippen LogP) is 1.29. The number of hydrogen-bond acceptors (Lipinski definition) is 5. The molecule has 19 heavy (non-hydrogen) atoms. The first kappa shape index (κ1) is 16.0. The highest BCUT2D eigenvalue weighted by atomic mass is 32.1. The Morgan fingerprint density at radius 3 is 2.79 bits per heavy atom. The van der Waals surface area contributed by atoms with Crippen LogP contribution in [-0.4, -0.2) is 43.5 Å². The van der Waals surface area contributed by atoms with Crippen LogP contribution in [0.1, 0.15) is 17.7 Å². The lowest BCUT2D eigenvalue weighted by atomic mass is 10.2. The fourth-order valence-electron chi connectivity index (χ4n) is 1.47. The minimum absolute atomic E-state index is 0.294. The van der Waals surface area contributed by atoms with Crippen LogP contribution in [0.4, 0.5) is 0 Å². The smallest absolute Gasteiger partial charge is 0.123 e. The van der Waals surface area contributed by atoms with Crippen LogP contribution in [-0.2, 0) is 20.8 Å². The Labute approximate surface area is 119 Å². The third-order valence-corrected chi connectivity index (χ3v) is 2.58. The maximum absolute atomic E-state index is 5.59. The second-order valence-corrected chi connectivity index (χ2v) is 4.33. The highest BCUT2D eigenvalue weighted by molar-refractivity contribution is 7.80. The normalized spacial score (nSPS) is 10.6. The highest BCUT2D eigenvalue weighted by Gasteiger charge is 2.05. The van der Waals surface area contributed by atoms with Crippen LogP contribution in [0.5, 0.6) is 0 Å². The predicted molar refractivity (Wildman–Crippen MR) is 77.1 cm³/mol. The molecular formula is C13H20N2O3S. The van der Waals surface area contributed by atoms with Gasteiger partial charge in [-0.05, 0) is 12.5 Å². The molecule has 0 aliphatic rings. The summed E-state index contributed by atoms with van der Waals surface area (Å²) < 4.78 is 15.8. The molecule has 1 heterocycles. The van der Waals surface area contributed by atoms with E-state index in [1.807, 2.05) is 12.1 Å². The van der Waals surface area contributed by atoms with Gasteiger partial charge >= 0.3 is 0 Å². The van der Waals surface area contributed by atoms with Crippen molar-refractivity contribution >= 4 is 17.2 Å². The molecule has 1 aromatic rings. The molecule has 2 N–H and O–H groups in total. The number of hydrogen-bond donors (Lipinski definition) is 1. The Morgan fingerprint density at radius 2 is 2.05 bits per heavy atom. The molecule has 0 unspecified atom stereocenters. The zero-order valence-electron chi connectivity index (χ0n) is 11.1. The lowest BCUT2D eigenvalue weighted by Gasteiger charge is -2.08. The SMILES string of the molecule is COCCOCCCOCc1cccnc1C(N)=S. The highest BCUT2D eigenvalue weighted by Crippen LogP contribution is 2.07. The molecule has 106 valence electrons. The quantitative estimate of drug-likeness (QED) is 0.516. The minimum Gasteiger partial charge on any atom is -0.388 e. The Bertz CT molecular complexity index is 388. The monoisotopic (exact) mass is 284 g/mol. The van der Waals surface area contributed by atoms with Crippen LogP contribution < -0.4 is 5.73 Å². The fourth-order valence-corrected chi connectivity index (χ4v) is 1.65. The van der Waals surface area contributed by atoms with Gasteiger partial charge in [-0.3, -0.25) is 4.98 Å². The number of rotatable bonds is 10. The number of nitrogens with zero attached hydrogens (tertiary/aromatic N) is 1. The molecule has 0 radical (unpaired) electrons. The maximum Gasteiger partial charge on any atom is 0.123 e. The van der Waals surface area contributed by atoms with E-state index in [9.17, 15) is 0 Å². The second kappa shape index (κ2) is 9.80. The average molecular weight is 284 g/mol. The Balaban J connectivity index is 2.17. The van der Waals surface area contributed by atoms with E-state index in [1.165, 1.54) is 0 Å². The third kappa shape index (κ3) is 6.58. The zero-order chi connectivity index (χ0) is 13.9. The molecule has 0 aromatic carbocycles. The van der Waals surface area contributed by atoms with Crippen LogP contribution in [0.15, 0.2) is 18.3 Å². The number of methoxy groups -OCH3 is 1. The summed E-state index contributed by atoms with van der Waals surface area (Å²) in [7, 11) is 1.65. The van der Waals surface area contributed by atoms with Gasteiger partial charge in [-0.1, -0.05) is 18.3 Å². The van der Waals surface area contributed by atoms with Gasteiger partial charge in [0.25, 0.3) is 0 Å². The van der Waals surface area contributed by atoms with Crippen molar-refractivity contribution in [1.29, 1.82) is 0 Å². The Hall–Kier alpha value is -1.08. The largest absolute Gasteiger partial charge is 0.388 e. The van der Waals surface area contributed by atoms with Gasteiger partial charge in [-0.15, -0.1) is 0 Å². The van der Waals surface area contributed by atoms with E-state index < -0.39 is 0 Å². The van der Waals surface area contributed by atoms with Crippen molar-refractivity contribution in [2.75, 3.05) is 33.5 Å². The molecule has 0 bridgehead atoms. The number of thiocarbonyl (C=S) groups is 1. The lowest BCUT2D eigenvalue weighted by molar-refractivity contribution is 0.0483. The van der Waals surface area contributed by atoms with Crippen LogP contribution in [0.3, 0.4) is 0 Å². The van der Waals surface area contributed by atoms with Crippen molar-refractivity contribution in [2.24, 2.45) is 5.73 Å². The molecule has 0 amide bonds. The molecule has 0 saturated heterocycles. The van der Waals surface area contributed by atoms with E-state index in [4.69, 9.17) is 32.2 Å². The molecular weight excluding hydrogens is 264 g/mol. The molecule has 0 fully saturated rings. The van der Waals surface area contributed by atoms with Crippen molar-refractivity contribution in [1.82, 2.24) is 4.98 Å². The van der Waals surface area contributed by atoms with E-state index >= 15 is 0 Å². The van der Waals surface area contributed by atoms with Crippen molar-refractivity contribution in [3.05, 3.63) is 29.6 Å². The molecule has 5 nitrogen and oxygen atoms in total. The summed E-state index contributed by atoms with van der Waals surface area (Å²) >= 11 is 4.94. The number of nitrogens with two attached hydrogens (primary N) is 1. The molecule has 0 aliphatic carbocycles. The van der Waals surface area contributed by atoms with Crippen LogP contribution in [0.25, 0.3) is 0 Å². The molecule has 0 aliphatic heterocycles. The summed E-state index contributed by atoms with van der Waals surface area (Å²) in [6.07, 6.45) is 2.51. The zero-order valence-corrected chi connectivity index (χ0v) is 11.9. The molecule has 0 spiro atoms. The van der Waals surface area contributed by atoms with Crippen LogP contribution >= 0.6 is 12.2 Å². The van der Waals surface area contributed by atoms with Gasteiger partial charge in [0.1, 0.15) is 10.7 Å². The van der Waals surface area contributed by atoms with E-state index in [1.54, 1.807) is 13.3 Å². The standard InChI is InChI=1S/C13H20N2O3S/c1-16-8-9-17-6-3-7-18-10-11-4-2-5-15-12(11)13(14)19/h2,4-5H,3,6-10H2,1H3,(H2,14,19). The lowest BCUT2D eigenvalue weighted by Crippen LogP contribution is -2.15. The van der Waals surface area contributed by atoms with Gasteiger partial charge in [-0.25, -0.2) is 0 Å². The van der Waals surface area contributed by atoms with Gasteiger partial charge in [0, 0.05) is 32.1 Å².